The van der Waals surface area contributed by atoms with Crippen LogP contribution in [0, 0.1) is 0 Å². The predicted octanol–water partition coefficient (Wildman–Crippen LogP) is 2.95. The number of carbonyl (C=O) groups excluding carboxylic acids is 3. The molecule has 0 radical (unpaired) electrons. The van der Waals surface area contributed by atoms with E-state index in [0.29, 0.717) is 29.3 Å². The van der Waals surface area contributed by atoms with Gasteiger partial charge in [0, 0.05) is 45.1 Å². The van der Waals surface area contributed by atoms with Crippen LogP contribution < -0.4 is 4.74 Å². The van der Waals surface area contributed by atoms with Crippen LogP contribution in [-0.2, 0) is 33.3 Å². The lowest BCUT2D eigenvalue weighted by molar-refractivity contribution is -0.229. The van der Waals surface area contributed by atoms with Crippen molar-refractivity contribution >= 4 is 40.4 Å². The Labute approximate surface area is 188 Å². The fourth-order valence-electron chi connectivity index (χ4n) is 4.19. The van der Waals surface area contributed by atoms with Gasteiger partial charge in [0.15, 0.2) is 6.10 Å². The summed E-state index contributed by atoms with van der Waals surface area (Å²) >= 11 is 5.97. The molecule has 1 aliphatic heterocycles. The van der Waals surface area contributed by atoms with Gasteiger partial charge in [-0.15, -0.1) is 0 Å². The van der Waals surface area contributed by atoms with Crippen molar-refractivity contribution in [1.29, 1.82) is 0 Å². The van der Waals surface area contributed by atoms with E-state index in [1.807, 2.05) is 18.2 Å². The summed E-state index contributed by atoms with van der Waals surface area (Å²) in [6.45, 7) is 3.68. The summed E-state index contributed by atoms with van der Waals surface area (Å²) < 4.78 is 28.0. The van der Waals surface area contributed by atoms with E-state index in [1.165, 1.54) is 20.8 Å². The number of hydrogen-bond acceptors (Lipinski definition) is 9. The van der Waals surface area contributed by atoms with Gasteiger partial charge >= 0.3 is 17.9 Å². The van der Waals surface area contributed by atoms with Crippen LogP contribution in [0.3, 0.4) is 0 Å². The second-order valence-corrected chi connectivity index (χ2v) is 8.29. The van der Waals surface area contributed by atoms with Gasteiger partial charge < -0.3 is 23.7 Å². The average molecular weight is 464 g/mol. The summed E-state index contributed by atoms with van der Waals surface area (Å²) in [6, 6.07) is 9.07. The maximum atomic E-state index is 11.7. The molecule has 1 aromatic carbocycles. The minimum Gasteiger partial charge on any atom is -0.490 e. The molecule has 10 heteroatoms. The maximum absolute atomic E-state index is 11.7. The third-order valence-corrected chi connectivity index (χ3v) is 5.60. The number of pyridine rings is 1. The summed E-state index contributed by atoms with van der Waals surface area (Å²) in [4.78, 5) is 39.2. The summed E-state index contributed by atoms with van der Waals surface area (Å²) in [5, 5.41) is 1.31. The molecule has 1 aliphatic carbocycles. The Kier molecular flexibility index (Phi) is 5.96. The summed E-state index contributed by atoms with van der Waals surface area (Å²) in [6.07, 6.45) is -2.80. The van der Waals surface area contributed by atoms with Gasteiger partial charge in [0.2, 0.25) is 12.4 Å². The minimum atomic E-state index is -1.19. The van der Waals surface area contributed by atoms with Crippen LogP contribution in [0.4, 0.5) is 0 Å². The van der Waals surface area contributed by atoms with E-state index in [2.05, 4.69) is 4.98 Å². The van der Waals surface area contributed by atoms with Gasteiger partial charge in [-0.2, -0.15) is 0 Å². The number of rotatable bonds is 5. The molecule has 0 N–H and O–H groups in total. The van der Waals surface area contributed by atoms with Crippen molar-refractivity contribution in [2.45, 2.75) is 63.8 Å². The van der Waals surface area contributed by atoms with Crippen molar-refractivity contribution in [2.75, 3.05) is 0 Å². The van der Waals surface area contributed by atoms with E-state index < -0.39 is 42.0 Å². The lowest BCUT2D eigenvalue weighted by Crippen LogP contribution is -2.58. The number of ether oxygens (including phenoxy) is 5. The average Bonchev–Trinajstić information content (AvgIpc) is 2.93. The molecule has 2 aromatic rings. The smallest absolute Gasteiger partial charge is 0.305 e. The van der Waals surface area contributed by atoms with Crippen LogP contribution in [0.15, 0.2) is 30.3 Å². The molecule has 2 fully saturated rings. The van der Waals surface area contributed by atoms with E-state index in [-0.39, 0.29) is 6.10 Å². The Morgan fingerprint density at radius 2 is 1.66 bits per heavy atom. The molecule has 4 rings (SSSR count). The first-order valence-electron chi connectivity index (χ1n) is 10.1. The highest BCUT2D eigenvalue weighted by Gasteiger charge is 2.66. The lowest BCUT2D eigenvalue weighted by Gasteiger charge is -2.46. The molecule has 1 unspecified atom stereocenters. The molecule has 3 atom stereocenters. The van der Waals surface area contributed by atoms with Crippen LogP contribution in [0.5, 0.6) is 5.75 Å². The quantitative estimate of drug-likeness (QED) is 0.375. The molecule has 1 saturated carbocycles. The molecule has 0 amide bonds. The number of esters is 3. The third kappa shape index (κ3) is 4.49. The van der Waals surface area contributed by atoms with Crippen molar-refractivity contribution in [2.24, 2.45) is 0 Å². The van der Waals surface area contributed by atoms with E-state index in [9.17, 15) is 14.4 Å². The minimum absolute atomic E-state index is 0.265. The largest absolute Gasteiger partial charge is 0.490 e. The number of benzene rings is 1. The van der Waals surface area contributed by atoms with Crippen molar-refractivity contribution < 1.29 is 38.1 Å². The van der Waals surface area contributed by atoms with Crippen molar-refractivity contribution in [3.05, 3.63) is 35.5 Å². The molecular formula is C22H22ClNO8. The maximum Gasteiger partial charge on any atom is 0.305 e. The van der Waals surface area contributed by atoms with E-state index in [0.717, 1.165) is 5.39 Å². The lowest BCUT2D eigenvalue weighted by atomic mass is 9.73. The van der Waals surface area contributed by atoms with Gasteiger partial charge in [-0.25, -0.2) is 4.98 Å². The van der Waals surface area contributed by atoms with Gasteiger partial charge in [0.05, 0.1) is 5.52 Å². The molecule has 9 nitrogen and oxygen atoms in total. The molecule has 0 bridgehead atoms. The SMILES string of the molecule is CC(=O)OC1OC2(CC(Oc3ccc4ccc(Cl)nc4c3)C2)[C@@H](OC(C)=O)[C@H]1OC(C)=O. The van der Waals surface area contributed by atoms with Crippen LogP contribution >= 0.6 is 11.6 Å². The van der Waals surface area contributed by atoms with E-state index in [1.54, 1.807) is 12.1 Å². The highest BCUT2D eigenvalue weighted by Crippen LogP contribution is 2.50. The zero-order valence-corrected chi connectivity index (χ0v) is 18.5. The Hall–Kier alpha value is -2.91. The van der Waals surface area contributed by atoms with Gasteiger partial charge in [-0.1, -0.05) is 11.6 Å². The Morgan fingerprint density at radius 3 is 2.31 bits per heavy atom. The molecule has 2 aliphatic rings. The third-order valence-electron chi connectivity index (χ3n) is 5.39. The summed E-state index contributed by atoms with van der Waals surface area (Å²) in [5.74, 6) is -1.19. The molecule has 170 valence electrons. The Bertz CT molecular complexity index is 1070. The van der Waals surface area contributed by atoms with Crippen LogP contribution in [0.1, 0.15) is 33.6 Å². The molecule has 2 heterocycles. The normalized spacial score (nSPS) is 28.8. The first-order chi connectivity index (χ1) is 15.1. The molecule has 32 heavy (non-hydrogen) atoms. The fraction of sp³-hybridized carbons (Fsp3) is 0.455. The fourth-order valence-corrected chi connectivity index (χ4v) is 4.34. The van der Waals surface area contributed by atoms with Crippen molar-refractivity contribution in [3.8, 4) is 5.75 Å². The number of nitrogens with zero attached hydrogens (tertiary/aromatic N) is 1. The number of carbonyl (C=O) groups is 3. The standard InChI is InChI=1S/C22H22ClNO8/c1-11(25)28-19-20(29-12(2)26)22(32-21(19)30-13(3)27)9-16(10-22)31-15-6-4-14-5-7-18(23)24-17(14)8-15/h4-8,16,19-21H,9-10H2,1-3H3/t16?,19-,20+,21?,22?/m1/s1. The Balaban J connectivity index is 1.52. The molecule has 1 aromatic heterocycles. The zero-order valence-electron chi connectivity index (χ0n) is 17.7. The Morgan fingerprint density at radius 1 is 1.00 bits per heavy atom. The van der Waals surface area contributed by atoms with Crippen molar-refractivity contribution in [3.63, 3.8) is 0 Å². The number of fused-ring (bicyclic) bond motifs is 1. The first-order valence-corrected chi connectivity index (χ1v) is 10.5. The summed E-state index contributed by atoms with van der Waals surface area (Å²) in [5.41, 5.74) is -0.307. The van der Waals surface area contributed by atoms with Gasteiger partial charge in [-0.05, 0) is 24.3 Å². The predicted molar refractivity (Wildman–Crippen MR) is 111 cm³/mol. The van der Waals surface area contributed by atoms with Gasteiger partial charge in [-0.3, -0.25) is 14.4 Å². The van der Waals surface area contributed by atoms with E-state index in [4.69, 9.17) is 35.3 Å². The highest BCUT2D eigenvalue weighted by atomic mass is 35.5. The number of hydrogen-bond donors (Lipinski definition) is 0. The molecule has 1 spiro atoms. The number of aromatic nitrogens is 1. The monoisotopic (exact) mass is 463 g/mol. The molecular weight excluding hydrogens is 442 g/mol. The molecule has 1 saturated heterocycles. The second kappa shape index (κ2) is 8.55. The summed E-state index contributed by atoms with van der Waals surface area (Å²) in [7, 11) is 0. The van der Waals surface area contributed by atoms with Gasteiger partial charge in [0.25, 0.3) is 0 Å². The van der Waals surface area contributed by atoms with E-state index >= 15 is 0 Å². The zero-order chi connectivity index (χ0) is 23.0. The topological polar surface area (TPSA) is 110 Å². The number of halogens is 1. The van der Waals surface area contributed by atoms with Gasteiger partial charge in [0.1, 0.15) is 22.6 Å². The second-order valence-electron chi connectivity index (χ2n) is 7.90. The van der Waals surface area contributed by atoms with Crippen molar-refractivity contribution in [1.82, 2.24) is 4.98 Å². The highest BCUT2D eigenvalue weighted by molar-refractivity contribution is 6.29. The first kappa shape index (κ1) is 22.3. The van der Waals surface area contributed by atoms with Crippen LogP contribution in [-0.4, -0.2) is 53.1 Å². The van der Waals surface area contributed by atoms with Crippen LogP contribution in [0.2, 0.25) is 5.15 Å². The van der Waals surface area contributed by atoms with Crippen LogP contribution in [0.25, 0.3) is 10.9 Å².